The second-order valence-electron chi connectivity index (χ2n) is 6.75. The maximum atomic E-state index is 5.46. The molecule has 0 saturated carbocycles. The Balaban J connectivity index is 0.00000196. The number of ether oxygens (including phenoxy) is 3. The van der Waals surface area contributed by atoms with Crippen molar-refractivity contribution in [2.75, 3.05) is 54.1 Å². The van der Waals surface area contributed by atoms with E-state index in [1.165, 1.54) is 37.4 Å². The predicted molar refractivity (Wildman–Crippen MR) is 102 cm³/mol. The molecule has 0 radical (unpaired) electrons. The molecule has 28 heavy (non-hydrogen) atoms. The Labute approximate surface area is 180 Å². The highest BCUT2D eigenvalue weighted by Crippen LogP contribution is 2.38. The van der Waals surface area contributed by atoms with Crippen molar-refractivity contribution in [3.05, 3.63) is 48.0 Å². The van der Waals surface area contributed by atoms with E-state index in [1.54, 1.807) is 31.1 Å². The molecule has 0 aliphatic carbocycles. The van der Waals surface area contributed by atoms with E-state index in [1.807, 2.05) is 0 Å². The lowest BCUT2D eigenvalue weighted by atomic mass is 10.1. The Hall–Kier alpha value is -1.66. The van der Waals surface area contributed by atoms with Crippen molar-refractivity contribution in [1.29, 1.82) is 0 Å². The zero-order valence-electron chi connectivity index (χ0n) is 16.8. The van der Waals surface area contributed by atoms with Gasteiger partial charge in [-0.25, -0.2) is 0 Å². The summed E-state index contributed by atoms with van der Waals surface area (Å²) in [6.07, 6.45) is 1.01. The molecule has 3 rings (SSSR count). The first-order chi connectivity index (χ1) is 12.7. The lowest BCUT2D eigenvalue weighted by molar-refractivity contribution is -0.986. The smallest absolute Gasteiger partial charge is 0.203 e. The minimum absolute atomic E-state index is 0. The van der Waals surface area contributed by atoms with Gasteiger partial charge in [-0.1, -0.05) is 18.2 Å². The highest BCUT2D eigenvalue weighted by molar-refractivity contribution is 5.53. The molecule has 0 unspecified atom stereocenters. The second-order valence-corrected chi connectivity index (χ2v) is 6.75. The fraction of sp³-hybridized carbons (Fsp3) is 0.429. The minimum Gasteiger partial charge on any atom is -1.00 e. The molecule has 7 heteroatoms. The molecule has 2 N–H and O–H groups in total. The fourth-order valence-electron chi connectivity index (χ4n) is 3.72. The van der Waals surface area contributed by atoms with Gasteiger partial charge in [0.1, 0.15) is 31.9 Å². The SMILES string of the molecule is COc1cc(CC[NH+]2CC[NH+](c3ccccc3)CC2)cc(OC)c1OC.[Cl-].[Cl-]. The number of hydrogen-bond donors (Lipinski definition) is 2. The second kappa shape index (κ2) is 12.0. The normalized spacial score (nSPS) is 18.4. The molecule has 1 aliphatic heterocycles. The molecule has 1 saturated heterocycles. The summed E-state index contributed by atoms with van der Waals surface area (Å²) in [6.45, 7) is 5.91. The van der Waals surface area contributed by atoms with E-state index in [2.05, 4.69) is 42.5 Å². The summed E-state index contributed by atoms with van der Waals surface area (Å²) >= 11 is 0. The fourth-order valence-corrected chi connectivity index (χ4v) is 3.72. The van der Waals surface area contributed by atoms with Gasteiger partial charge in [0.2, 0.25) is 5.75 Å². The molecule has 2 aromatic carbocycles. The molecule has 0 aromatic heterocycles. The Morgan fingerprint density at radius 3 is 1.86 bits per heavy atom. The van der Waals surface area contributed by atoms with E-state index in [9.17, 15) is 0 Å². The van der Waals surface area contributed by atoms with Gasteiger partial charge in [0, 0.05) is 6.42 Å². The molecule has 0 amide bonds. The number of nitrogens with one attached hydrogen (secondary N) is 2. The van der Waals surface area contributed by atoms with Crippen LogP contribution >= 0.6 is 0 Å². The Bertz CT molecular complexity index is 683. The van der Waals surface area contributed by atoms with Crippen molar-refractivity contribution in [2.45, 2.75) is 6.42 Å². The summed E-state index contributed by atoms with van der Waals surface area (Å²) in [5.41, 5.74) is 2.64. The quantitative estimate of drug-likeness (QED) is 0.461. The molecule has 5 nitrogen and oxygen atoms in total. The zero-order chi connectivity index (χ0) is 18.4. The molecule has 0 atom stereocenters. The van der Waals surface area contributed by atoms with E-state index in [0.717, 1.165) is 24.5 Å². The van der Waals surface area contributed by atoms with Crippen LogP contribution in [0.1, 0.15) is 5.56 Å². The first kappa shape index (κ1) is 24.4. The van der Waals surface area contributed by atoms with Crippen molar-refractivity contribution >= 4 is 5.69 Å². The van der Waals surface area contributed by atoms with Crippen LogP contribution in [0.3, 0.4) is 0 Å². The number of rotatable bonds is 7. The molecule has 1 heterocycles. The summed E-state index contributed by atoms with van der Waals surface area (Å²) in [4.78, 5) is 3.26. The lowest BCUT2D eigenvalue weighted by Crippen LogP contribution is -3.26. The van der Waals surface area contributed by atoms with Crippen LogP contribution in [0.4, 0.5) is 5.69 Å². The molecule has 2 aromatic rings. The summed E-state index contributed by atoms with van der Waals surface area (Å²) in [6, 6.07) is 14.9. The third-order valence-electron chi connectivity index (χ3n) is 5.23. The maximum absolute atomic E-state index is 5.46. The van der Waals surface area contributed by atoms with Gasteiger partial charge in [-0.15, -0.1) is 0 Å². The van der Waals surface area contributed by atoms with Gasteiger partial charge in [-0.2, -0.15) is 0 Å². The van der Waals surface area contributed by atoms with Gasteiger partial charge in [-0.3, -0.25) is 4.90 Å². The van der Waals surface area contributed by atoms with Crippen LogP contribution in [-0.2, 0) is 6.42 Å². The third kappa shape index (κ3) is 5.92. The Kier molecular flexibility index (Phi) is 10.5. The molecule has 1 fully saturated rings. The zero-order valence-corrected chi connectivity index (χ0v) is 18.3. The Morgan fingerprint density at radius 2 is 1.36 bits per heavy atom. The highest BCUT2D eigenvalue weighted by Gasteiger charge is 2.24. The monoisotopic (exact) mass is 428 g/mol. The van der Waals surface area contributed by atoms with E-state index >= 15 is 0 Å². The molecular weight excluding hydrogens is 399 g/mol. The number of quaternary nitrogens is 2. The average molecular weight is 429 g/mol. The first-order valence-electron chi connectivity index (χ1n) is 9.27. The standard InChI is InChI=1S/C21H28N2O3.2ClH/c1-24-19-15-17(16-20(25-2)21(19)26-3)9-10-22-11-13-23(14-12-22)18-7-5-4-6-8-18;;/h4-8,15-16H,9-14H2,1-3H3;2*1H. The number of halogens is 2. The first-order valence-corrected chi connectivity index (χ1v) is 9.27. The molecular formula is C21H30Cl2N2O3. The third-order valence-corrected chi connectivity index (χ3v) is 5.23. The van der Waals surface area contributed by atoms with Crippen LogP contribution < -0.4 is 48.8 Å². The van der Waals surface area contributed by atoms with E-state index < -0.39 is 0 Å². The number of para-hydroxylation sites is 1. The molecule has 1 aliphatic rings. The Morgan fingerprint density at radius 1 is 0.786 bits per heavy atom. The largest absolute Gasteiger partial charge is 1.00 e. The molecule has 0 spiro atoms. The molecule has 0 bridgehead atoms. The van der Waals surface area contributed by atoms with Crippen molar-refractivity contribution in [3.8, 4) is 17.2 Å². The van der Waals surface area contributed by atoms with E-state index in [4.69, 9.17) is 14.2 Å². The number of piperazine rings is 1. The number of benzene rings is 2. The van der Waals surface area contributed by atoms with Crippen molar-refractivity contribution in [2.24, 2.45) is 0 Å². The van der Waals surface area contributed by atoms with Crippen LogP contribution in [0.15, 0.2) is 42.5 Å². The van der Waals surface area contributed by atoms with Gasteiger partial charge in [0.25, 0.3) is 0 Å². The van der Waals surface area contributed by atoms with Gasteiger partial charge in [-0.05, 0) is 29.8 Å². The average Bonchev–Trinajstić information content (AvgIpc) is 2.72. The van der Waals surface area contributed by atoms with Crippen molar-refractivity contribution in [1.82, 2.24) is 0 Å². The minimum atomic E-state index is 0. The van der Waals surface area contributed by atoms with E-state index in [0.29, 0.717) is 5.75 Å². The van der Waals surface area contributed by atoms with Crippen LogP contribution in [0.5, 0.6) is 17.2 Å². The maximum Gasteiger partial charge on any atom is 0.203 e. The van der Waals surface area contributed by atoms with Gasteiger partial charge in [0.15, 0.2) is 11.5 Å². The van der Waals surface area contributed by atoms with Crippen LogP contribution in [0.2, 0.25) is 0 Å². The summed E-state index contributed by atoms with van der Waals surface area (Å²) in [7, 11) is 4.97. The number of hydrogen-bond acceptors (Lipinski definition) is 3. The predicted octanol–water partition coefficient (Wildman–Crippen LogP) is -5.62. The topological polar surface area (TPSA) is 36.6 Å². The van der Waals surface area contributed by atoms with Gasteiger partial charge in [0.05, 0.1) is 27.9 Å². The van der Waals surface area contributed by atoms with Crippen LogP contribution in [0.25, 0.3) is 0 Å². The van der Waals surface area contributed by atoms with Crippen LogP contribution in [0, 0.1) is 0 Å². The van der Waals surface area contributed by atoms with E-state index in [-0.39, 0.29) is 24.8 Å². The van der Waals surface area contributed by atoms with Crippen LogP contribution in [-0.4, -0.2) is 54.1 Å². The van der Waals surface area contributed by atoms with Crippen molar-refractivity contribution in [3.63, 3.8) is 0 Å². The van der Waals surface area contributed by atoms with Gasteiger partial charge >= 0.3 is 0 Å². The lowest BCUT2D eigenvalue weighted by Gasteiger charge is -2.29. The van der Waals surface area contributed by atoms with Crippen molar-refractivity contribution < 1.29 is 48.8 Å². The molecule has 156 valence electrons. The summed E-state index contributed by atoms with van der Waals surface area (Å²) in [5, 5.41) is 0. The van der Waals surface area contributed by atoms with Gasteiger partial charge < -0.3 is 43.9 Å². The number of methoxy groups -OCH3 is 3. The summed E-state index contributed by atoms with van der Waals surface area (Å²) in [5.74, 6) is 2.12. The highest BCUT2D eigenvalue weighted by atomic mass is 35.5. The summed E-state index contributed by atoms with van der Waals surface area (Å²) < 4.78 is 16.3.